The number of benzene rings is 1. The Kier molecular flexibility index (Phi) is 2.66. The first kappa shape index (κ1) is 8.28. The molecule has 58 valence electrons. The van der Waals surface area contributed by atoms with Crippen LogP contribution in [0.2, 0.25) is 0 Å². The second-order valence-electron chi connectivity index (χ2n) is 2.25. The first-order chi connectivity index (χ1) is 5.24. The zero-order valence-electron chi connectivity index (χ0n) is 5.98. The van der Waals surface area contributed by atoms with Gasteiger partial charge in [-0.15, -0.1) is 11.6 Å². The number of hydrogen-bond donors (Lipinski definition) is 0. The molecular formula is C9H8ClF. The van der Waals surface area contributed by atoms with Crippen LogP contribution in [0.5, 0.6) is 0 Å². The third-order valence-electron chi connectivity index (χ3n) is 1.39. The molecule has 0 radical (unpaired) electrons. The van der Waals surface area contributed by atoms with Crippen LogP contribution >= 0.6 is 11.6 Å². The summed E-state index contributed by atoms with van der Waals surface area (Å²) in [5.41, 5.74) is 1.51. The zero-order chi connectivity index (χ0) is 8.27. The molecule has 1 aromatic rings. The monoisotopic (exact) mass is 170 g/mol. The fourth-order valence-corrected chi connectivity index (χ4v) is 0.940. The molecule has 0 heterocycles. The highest BCUT2D eigenvalue weighted by Gasteiger charge is 1.97. The van der Waals surface area contributed by atoms with E-state index in [1.165, 1.54) is 12.1 Å². The van der Waals surface area contributed by atoms with Crippen molar-refractivity contribution in [2.75, 3.05) is 5.88 Å². The van der Waals surface area contributed by atoms with E-state index in [-0.39, 0.29) is 5.82 Å². The van der Waals surface area contributed by atoms with E-state index < -0.39 is 0 Å². The van der Waals surface area contributed by atoms with Crippen molar-refractivity contribution in [3.8, 4) is 0 Å². The number of halogens is 2. The van der Waals surface area contributed by atoms with E-state index in [2.05, 4.69) is 6.58 Å². The number of hydrogen-bond acceptors (Lipinski definition) is 0. The van der Waals surface area contributed by atoms with Gasteiger partial charge in [0.15, 0.2) is 0 Å². The normalized spacial score (nSPS) is 9.64. The van der Waals surface area contributed by atoms with E-state index in [0.717, 1.165) is 11.1 Å². The molecule has 0 N–H and O–H groups in total. The molecule has 0 amide bonds. The average molecular weight is 171 g/mol. The maximum absolute atomic E-state index is 12.6. The lowest BCUT2D eigenvalue weighted by molar-refractivity contribution is 0.627. The van der Waals surface area contributed by atoms with Crippen molar-refractivity contribution in [3.63, 3.8) is 0 Å². The molecule has 0 aromatic heterocycles. The maximum Gasteiger partial charge on any atom is 0.123 e. The van der Waals surface area contributed by atoms with E-state index >= 15 is 0 Å². The highest BCUT2D eigenvalue weighted by molar-refractivity contribution is 6.23. The van der Waals surface area contributed by atoms with Gasteiger partial charge in [0.2, 0.25) is 0 Å². The van der Waals surface area contributed by atoms with Gasteiger partial charge in [-0.25, -0.2) is 4.39 Å². The SMILES string of the molecule is C=C(CCl)c1cccc(F)c1. The van der Waals surface area contributed by atoms with E-state index in [4.69, 9.17) is 11.6 Å². The highest BCUT2D eigenvalue weighted by Crippen LogP contribution is 2.14. The summed E-state index contributed by atoms with van der Waals surface area (Å²) in [4.78, 5) is 0. The Hall–Kier alpha value is -0.820. The minimum atomic E-state index is -0.256. The molecule has 0 spiro atoms. The predicted molar refractivity (Wildman–Crippen MR) is 46.2 cm³/mol. The van der Waals surface area contributed by atoms with Crippen LogP contribution in [0.1, 0.15) is 5.56 Å². The molecular weight excluding hydrogens is 163 g/mol. The van der Waals surface area contributed by atoms with Crippen LogP contribution in [0.25, 0.3) is 5.57 Å². The van der Waals surface area contributed by atoms with Crippen LogP contribution in [0.15, 0.2) is 30.8 Å². The summed E-state index contributed by atoms with van der Waals surface area (Å²) >= 11 is 5.52. The molecule has 11 heavy (non-hydrogen) atoms. The maximum atomic E-state index is 12.6. The zero-order valence-corrected chi connectivity index (χ0v) is 6.74. The molecule has 0 fully saturated rings. The molecule has 1 rings (SSSR count). The Morgan fingerprint density at radius 2 is 2.27 bits per heavy atom. The van der Waals surface area contributed by atoms with Gasteiger partial charge >= 0.3 is 0 Å². The first-order valence-electron chi connectivity index (χ1n) is 3.23. The van der Waals surface area contributed by atoms with Gasteiger partial charge in [0.1, 0.15) is 5.82 Å². The number of rotatable bonds is 2. The van der Waals surface area contributed by atoms with Crippen LogP contribution in [-0.2, 0) is 0 Å². The quantitative estimate of drug-likeness (QED) is 0.599. The topological polar surface area (TPSA) is 0 Å². The summed E-state index contributed by atoms with van der Waals surface area (Å²) in [6, 6.07) is 6.24. The van der Waals surface area contributed by atoms with Crippen LogP contribution in [-0.4, -0.2) is 5.88 Å². The van der Waals surface area contributed by atoms with Gasteiger partial charge in [0.25, 0.3) is 0 Å². The average Bonchev–Trinajstić information content (AvgIpc) is 2.03. The Bertz CT molecular complexity index is 268. The molecule has 0 saturated heterocycles. The smallest absolute Gasteiger partial charge is 0.123 e. The van der Waals surface area contributed by atoms with Crippen molar-refractivity contribution in [1.29, 1.82) is 0 Å². The Morgan fingerprint density at radius 3 is 2.82 bits per heavy atom. The van der Waals surface area contributed by atoms with Gasteiger partial charge in [-0.3, -0.25) is 0 Å². The molecule has 0 saturated carbocycles. The van der Waals surface area contributed by atoms with Crippen LogP contribution in [0, 0.1) is 5.82 Å². The summed E-state index contributed by atoms with van der Waals surface area (Å²) in [7, 11) is 0. The van der Waals surface area contributed by atoms with Gasteiger partial charge in [0.05, 0.1) is 0 Å². The number of allylic oxidation sites excluding steroid dienone is 1. The summed E-state index contributed by atoms with van der Waals surface area (Å²) in [5, 5.41) is 0. The summed E-state index contributed by atoms with van der Waals surface area (Å²) in [6.45, 7) is 3.69. The molecule has 0 nitrogen and oxygen atoms in total. The Balaban J connectivity index is 2.96. The molecule has 0 bridgehead atoms. The lowest BCUT2D eigenvalue weighted by Gasteiger charge is -1.99. The van der Waals surface area contributed by atoms with Crippen LogP contribution < -0.4 is 0 Å². The fraction of sp³-hybridized carbons (Fsp3) is 0.111. The van der Waals surface area contributed by atoms with E-state index in [9.17, 15) is 4.39 Å². The standard InChI is InChI=1S/C9H8ClF/c1-7(6-10)8-3-2-4-9(11)5-8/h2-5H,1,6H2. The molecule has 0 aliphatic rings. The summed E-state index contributed by atoms with van der Waals surface area (Å²) in [6.07, 6.45) is 0. The van der Waals surface area contributed by atoms with Gasteiger partial charge in [-0.1, -0.05) is 18.7 Å². The largest absolute Gasteiger partial charge is 0.207 e. The fourth-order valence-electron chi connectivity index (χ4n) is 0.786. The van der Waals surface area contributed by atoms with Crippen molar-refractivity contribution in [1.82, 2.24) is 0 Å². The first-order valence-corrected chi connectivity index (χ1v) is 3.77. The predicted octanol–water partition coefficient (Wildman–Crippen LogP) is 3.08. The third kappa shape index (κ3) is 2.05. The van der Waals surface area contributed by atoms with Gasteiger partial charge in [-0.2, -0.15) is 0 Å². The summed E-state index contributed by atoms with van der Waals surface area (Å²) < 4.78 is 12.6. The minimum absolute atomic E-state index is 0.256. The molecule has 2 heteroatoms. The lowest BCUT2D eigenvalue weighted by Crippen LogP contribution is -1.84. The number of alkyl halides is 1. The van der Waals surface area contributed by atoms with Gasteiger partial charge < -0.3 is 0 Å². The Morgan fingerprint density at radius 1 is 1.55 bits per heavy atom. The lowest BCUT2D eigenvalue weighted by atomic mass is 10.1. The van der Waals surface area contributed by atoms with Gasteiger partial charge in [0, 0.05) is 5.88 Å². The van der Waals surface area contributed by atoms with E-state index in [0.29, 0.717) is 5.88 Å². The van der Waals surface area contributed by atoms with Crippen molar-refractivity contribution >= 4 is 17.2 Å². The van der Waals surface area contributed by atoms with Crippen molar-refractivity contribution in [2.45, 2.75) is 0 Å². The van der Waals surface area contributed by atoms with Crippen LogP contribution in [0.4, 0.5) is 4.39 Å². The molecule has 0 aliphatic carbocycles. The molecule has 1 aromatic carbocycles. The third-order valence-corrected chi connectivity index (χ3v) is 1.72. The van der Waals surface area contributed by atoms with E-state index in [1.807, 2.05) is 0 Å². The Labute approximate surface area is 70.3 Å². The minimum Gasteiger partial charge on any atom is -0.207 e. The van der Waals surface area contributed by atoms with Crippen molar-refractivity contribution in [2.24, 2.45) is 0 Å². The van der Waals surface area contributed by atoms with Gasteiger partial charge in [-0.05, 0) is 23.3 Å². The van der Waals surface area contributed by atoms with Crippen LogP contribution in [0.3, 0.4) is 0 Å². The highest BCUT2D eigenvalue weighted by atomic mass is 35.5. The summed E-state index contributed by atoms with van der Waals surface area (Å²) in [5.74, 6) is 0.0810. The molecule has 0 atom stereocenters. The van der Waals surface area contributed by atoms with E-state index in [1.54, 1.807) is 12.1 Å². The second kappa shape index (κ2) is 3.54. The second-order valence-corrected chi connectivity index (χ2v) is 2.51. The van der Waals surface area contributed by atoms with Crippen molar-refractivity contribution < 1.29 is 4.39 Å². The van der Waals surface area contributed by atoms with Crippen molar-refractivity contribution in [3.05, 3.63) is 42.2 Å². The molecule has 0 aliphatic heterocycles. The molecule has 0 unspecified atom stereocenters.